The van der Waals surface area contributed by atoms with Crippen molar-refractivity contribution >= 4 is 21.8 Å². The van der Waals surface area contributed by atoms with Gasteiger partial charge in [0.05, 0.1) is 10.4 Å². The van der Waals surface area contributed by atoms with Crippen LogP contribution < -0.4 is 5.73 Å². The molecular weight excluding hydrogens is 287 g/mol. The quantitative estimate of drug-likeness (QED) is 0.856. The van der Waals surface area contributed by atoms with Crippen molar-refractivity contribution in [1.29, 1.82) is 0 Å². The zero-order valence-electron chi connectivity index (χ0n) is 8.09. The van der Waals surface area contributed by atoms with Gasteiger partial charge in [-0.15, -0.1) is 0 Å². The first-order valence-corrected chi connectivity index (χ1v) is 5.32. The van der Waals surface area contributed by atoms with Crippen LogP contribution in [0.3, 0.4) is 0 Å². The SMILES string of the molecule is NC(=O)[C@H](Br)Cc1ccc(C(F)(F)F)cc1. The van der Waals surface area contributed by atoms with Crippen LogP contribution in [0.2, 0.25) is 0 Å². The predicted molar refractivity (Wildman–Crippen MR) is 57.1 cm³/mol. The number of alkyl halides is 4. The molecule has 16 heavy (non-hydrogen) atoms. The molecule has 1 amide bonds. The smallest absolute Gasteiger partial charge is 0.369 e. The summed E-state index contributed by atoms with van der Waals surface area (Å²) in [4.78, 5) is 10.2. The first kappa shape index (κ1) is 13.0. The van der Waals surface area contributed by atoms with E-state index in [4.69, 9.17) is 5.73 Å². The molecule has 0 aliphatic carbocycles. The van der Waals surface area contributed by atoms with E-state index in [9.17, 15) is 18.0 Å². The average molecular weight is 296 g/mol. The summed E-state index contributed by atoms with van der Waals surface area (Å²) in [5.74, 6) is -0.542. The molecular formula is C10H9BrF3NO. The molecule has 6 heteroatoms. The van der Waals surface area contributed by atoms with Gasteiger partial charge in [-0.3, -0.25) is 4.79 Å². The number of halogens is 4. The van der Waals surface area contributed by atoms with E-state index in [1.807, 2.05) is 0 Å². The Labute approximate surface area is 98.8 Å². The lowest BCUT2D eigenvalue weighted by Crippen LogP contribution is -2.24. The lowest BCUT2D eigenvalue weighted by molar-refractivity contribution is -0.137. The lowest BCUT2D eigenvalue weighted by Gasteiger charge is -2.09. The van der Waals surface area contributed by atoms with E-state index in [1.165, 1.54) is 12.1 Å². The minimum absolute atomic E-state index is 0.271. The fourth-order valence-corrected chi connectivity index (χ4v) is 1.51. The highest BCUT2D eigenvalue weighted by Gasteiger charge is 2.30. The molecule has 0 heterocycles. The lowest BCUT2D eigenvalue weighted by atomic mass is 10.1. The second kappa shape index (κ2) is 4.86. The summed E-state index contributed by atoms with van der Waals surface area (Å²) in [6, 6.07) is 4.63. The first-order valence-electron chi connectivity index (χ1n) is 4.40. The number of benzene rings is 1. The Morgan fingerprint density at radius 1 is 1.31 bits per heavy atom. The van der Waals surface area contributed by atoms with Crippen molar-refractivity contribution in [2.45, 2.75) is 17.4 Å². The van der Waals surface area contributed by atoms with Crippen molar-refractivity contribution in [2.75, 3.05) is 0 Å². The van der Waals surface area contributed by atoms with Crippen LogP contribution in [0.5, 0.6) is 0 Å². The summed E-state index contributed by atoms with van der Waals surface area (Å²) in [5.41, 5.74) is 4.93. The topological polar surface area (TPSA) is 43.1 Å². The van der Waals surface area contributed by atoms with E-state index in [-0.39, 0.29) is 6.42 Å². The molecule has 0 spiro atoms. The van der Waals surface area contributed by atoms with E-state index in [1.54, 1.807) is 0 Å². The van der Waals surface area contributed by atoms with Crippen LogP contribution >= 0.6 is 15.9 Å². The summed E-state index contributed by atoms with van der Waals surface area (Å²) >= 11 is 3.04. The Hall–Kier alpha value is -1.04. The maximum atomic E-state index is 12.2. The Balaban J connectivity index is 2.76. The third kappa shape index (κ3) is 3.52. The summed E-state index contributed by atoms with van der Waals surface area (Å²) in [5, 5.41) is 0. The number of hydrogen-bond acceptors (Lipinski definition) is 1. The van der Waals surface area contributed by atoms with Gasteiger partial charge in [0.1, 0.15) is 0 Å². The summed E-state index contributed by atoms with van der Waals surface area (Å²) in [7, 11) is 0. The molecule has 0 radical (unpaired) electrons. The summed E-state index contributed by atoms with van der Waals surface area (Å²) in [6.45, 7) is 0. The molecule has 0 aliphatic rings. The molecule has 1 atom stereocenters. The number of rotatable bonds is 3. The van der Waals surface area contributed by atoms with Crippen LogP contribution in [0.25, 0.3) is 0 Å². The van der Waals surface area contributed by atoms with E-state index >= 15 is 0 Å². The molecule has 1 rings (SSSR count). The Morgan fingerprint density at radius 2 is 1.81 bits per heavy atom. The number of primary amides is 1. The molecule has 0 bridgehead atoms. The maximum Gasteiger partial charge on any atom is 0.416 e. The fraction of sp³-hybridized carbons (Fsp3) is 0.300. The van der Waals surface area contributed by atoms with Crippen LogP contribution in [0, 0.1) is 0 Å². The van der Waals surface area contributed by atoms with Crippen LogP contribution in [0.15, 0.2) is 24.3 Å². The molecule has 0 saturated heterocycles. The maximum absolute atomic E-state index is 12.2. The largest absolute Gasteiger partial charge is 0.416 e. The second-order valence-electron chi connectivity index (χ2n) is 3.27. The van der Waals surface area contributed by atoms with E-state index in [2.05, 4.69) is 15.9 Å². The molecule has 0 fully saturated rings. The Bertz CT molecular complexity index is 375. The van der Waals surface area contributed by atoms with Crippen molar-refractivity contribution in [3.63, 3.8) is 0 Å². The third-order valence-corrected chi connectivity index (χ3v) is 2.78. The summed E-state index contributed by atoms with van der Waals surface area (Å²) < 4.78 is 36.7. The van der Waals surface area contributed by atoms with Gasteiger partial charge in [-0.1, -0.05) is 28.1 Å². The van der Waals surface area contributed by atoms with E-state index < -0.39 is 22.5 Å². The number of carbonyl (C=O) groups excluding carboxylic acids is 1. The number of nitrogens with two attached hydrogens (primary N) is 1. The molecule has 0 saturated carbocycles. The van der Waals surface area contributed by atoms with Gasteiger partial charge in [-0.05, 0) is 24.1 Å². The highest BCUT2D eigenvalue weighted by molar-refractivity contribution is 9.10. The van der Waals surface area contributed by atoms with Gasteiger partial charge in [-0.2, -0.15) is 13.2 Å². The normalized spacial score (nSPS) is 13.5. The average Bonchev–Trinajstić information content (AvgIpc) is 2.17. The van der Waals surface area contributed by atoms with Crippen LogP contribution in [0.1, 0.15) is 11.1 Å². The van der Waals surface area contributed by atoms with E-state index in [0.29, 0.717) is 5.56 Å². The van der Waals surface area contributed by atoms with Crippen molar-refractivity contribution in [2.24, 2.45) is 5.73 Å². The van der Waals surface area contributed by atoms with E-state index in [0.717, 1.165) is 12.1 Å². The molecule has 0 aromatic heterocycles. The van der Waals surface area contributed by atoms with Crippen molar-refractivity contribution < 1.29 is 18.0 Å². The first-order chi connectivity index (χ1) is 7.30. The van der Waals surface area contributed by atoms with Gasteiger partial charge in [0.2, 0.25) is 5.91 Å². The Morgan fingerprint density at radius 3 is 2.19 bits per heavy atom. The minimum Gasteiger partial charge on any atom is -0.369 e. The highest BCUT2D eigenvalue weighted by Crippen LogP contribution is 2.29. The third-order valence-electron chi connectivity index (χ3n) is 2.00. The van der Waals surface area contributed by atoms with Gasteiger partial charge in [0.25, 0.3) is 0 Å². The standard InChI is InChI=1S/C10H9BrF3NO/c11-8(9(15)16)5-6-1-3-7(4-2-6)10(12,13)14/h1-4,8H,5H2,(H2,15,16)/t8-/m1/s1. The highest BCUT2D eigenvalue weighted by atomic mass is 79.9. The molecule has 0 unspecified atom stereocenters. The minimum atomic E-state index is -4.34. The summed E-state index contributed by atoms with van der Waals surface area (Å²) in [6.07, 6.45) is -4.07. The Kier molecular flexibility index (Phi) is 3.96. The van der Waals surface area contributed by atoms with Crippen LogP contribution in [-0.2, 0) is 17.4 Å². The van der Waals surface area contributed by atoms with Gasteiger partial charge < -0.3 is 5.73 Å². The zero-order valence-corrected chi connectivity index (χ0v) is 9.68. The zero-order chi connectivity index (χ0) is 12.3. The van der Waals surface area contributed by atoms with Gasteiger partial charge in [0, 0.05) is 0 Å². The van der Waals surface area contributed by atoms with Crippen molar-refractivity contribution in [3.8, 4) is 0 Å². The fourth-order valence-electron chi connectivity index (χ4n) is 1.14. The molecule has 2 N–H and O–H groups in total. The molecule has 0 aliphatic heterocycles. The van der Waals surface area contributed by atoms with Crippen molar-refractivity contribution in [3.05, 3.63) is 35.4 Å². The number of hydrogen-bond donors (Lipinski definition) is 1. The molecule has 2 nitrogen and oxygen atoms in total. The van der Waals surface area contributed by atoms with Crippen molar-refractivity contribution in [1.82, 2.24) is 0 Å². The van der Waals surface area contributed by atoms with Gasteiger partial charge >= 0.3 is 6.18 Å². The van der Waals surface area contributed by atoms with Gasteiger partial charge in [-0.25, -0.2) is 0 Å². The molecule has 1 aromatic rings. The number of carbonyl (C=O) groups is 1. The second-order valence-corrected chi connectivity index (χ2v) is 4.37. The predicted octanol–water partition coefficient (Wildman–Crippen LogP) is 2.50. The molecule has 88 valence electrons. The molecule has 1 aromatic carbocycles. The van der Waals surface area contributed by atoms with Crippen LogP contribution in [-0.4, -0.2) is 10.7 Å². The monoisotopic (exact) mass is 295 g/mol. The van der Waals surface area contributed by atoms with Gasteiger partial charge in [0.15, 0.2) is 0 Å². The number of amides is 1. The van der Waals surface area contributed by atoms with Crippen LogP contribution in [0.4, 0.5) is 13.2 Å².